The summed E-state index contributed by atoms with van der Waals surface area (Å²) in [7, 11) is 1.58. The SMILES string of the molecule is C=C(Cl)/C=C(/NC)C(=C)F. The van der Waals surface area contributed by atoms with Crippen molar-refractivity contribution in [3.63, 3.8) is 0 Å². The van der Waals surface area contributed by atoms with Crippen molar-refractivity contribution in [2.75, 3.05) is 7.05 Å². The third-order valence-electron chi connectivity index (χ3n) is 0.863. The summed E-state index contributed by atoms with van der Waals surface area (Å²) < 4.78 is 12.3. The molecule has 0 aromatic carbocycles. The van der Waals surface area contributed by atoms with Gasteiger partial charge in [0, 0.05) is 12.1 Å². The summed E-state index contributed by atoms with van der Waals surface area (Å²) in [4.78, 5) is 0. The average Bonchev–Trinajstić information content (AvgIpc) is 1.81. The Hall–Kier alpha value is -0.760. The van der Waals surface area contributed by atoms with Crippen molar-refractivity contribution in [3.8, 4) is 0 Å². The predicted molar refractivity (Wildman–Crippen MR) is 42.4 cm³/mol. The second-order valence-electron chi connectivity index (χ2n) is 1.66. The van der Waals surface area contributed by atoms with Gasteiger partial charge in [-0.25, -0.2) is 4.39 Å². The summed E-state index contributed by atoms with van der Waals surface area (Å²) in [5.41, 5.74) is 0.250. The Bertz CT molecular complexity index is 184. The van der Waals surface area contributed by atoms with Gasteiger partial charge in [0.1, 0.15) is 5.83 Å². The summed E-state index contributed by atoms with van der Waals surface area (Å²) in [6.45, 7) is 6.45. The molecular weight excluding hydrogens is 153 g/mol. The summed E-state index contributed by atoms with van der Waals surface area (Å²) >= 11 is 5.38. The number of rotatable bonds is 3. The van der Waals surface area contributed by atoms with Gasteiger partial charge in [-0.15, -0.1) is 0 Å². The summed E-state index contributed by atoms with van der Waals surface area (Å²) in [6, 6.07) is 0. The van der Waals surface area contributed by atoms with Crippen molar-refractivity contribution >= 4 is 11.6 Å². The Morgan fingerprint density at radius 3 is 2.20 bits per heavy atom. The molecule has 0 aromatic rings. The molecule has 0 saturated carbocycles. The predicted octanol–water partition coefficient (Wildman–Crippen LogP) is 2.33. The fraction of sp³-hybridized carbons (Fsp3) is 0.143. The molecular formula is C7H9ClFN. The fourth-order valence-electron chi connectivity index (χ4n) is 0.443. The molecule has 56 valence electrons. The van der Waals surface area contributed by atoms with E-state index in [2.05, 4.69) is 18.5 Å². The van der Waals surface area contributed by atoms with Crippen molar-refractivity contribution < 1.29 is 4.39 Å². The van der Waals surface area contributed by atoms with Gasteiger partial charge in [-0.2, -0.15) is 0 Å². The summed E-state index contributed by atoms with van der Waals surface area (Å²) in [5.74, 6) is -0.552. The smallest absolute Gasteiger partial charge is 0.139 e. The molecule has 0 saturated heterocycles. The average molecular weight is 162 g/mol. The van der Waals surface area contributed by atoms with E-state index in [9.17, 15) is 4.39 Å². The van der Waals surface area contributed by atoms with Crippen LogP contribution in [0.3, 0.4) is 0 Å². The third-order valence-corrected chi connectivity index (χ3v) is 0.972. The van der Waals surface area contributed by atoms with Crippen molar-refractivity contribution in [1.29, 1.82) is 0 Å². The third kappa shape index (κ3) is 3.30. The number of hydrogen-bond acceptors (Lipinski definition) is 1. The van der Waals surface area contributed by atoms with Crippen LogP contribution in [-0.4, -0.2) is 7.05 Å². The van der Waals surface area contributed by atoms with E-state index in [1.54, 1.807) is 7.05 Å². The van der Waals surface area contributed by atoms with Gasteiger partial charge in [-0.3, -0.25) is 0 Å². The van der Waals surface area contributed by atoms with Crippen LogP contribution < -0.4 is 5.32 Å². The molecule has 0 amide bonds. The van der Waals surface area contributed by atoms with Crippen LogP contribution in [0, 0.1) is 0 Å². The Morgan fingerprint density at radius 1 is 1.60 bits per heavy atom. The first kappa shape index (κ1) is 9.24. The summed E-state index contributed by atoms with van der Waals surface area (Å²) in [6.07, 6.45) is 1.36. The van der Waals surface area contributed by atoms with Crippen LogP contribution >= 0.6 is 11.6 Å². The number of nitrogens with one attached hydrogen (secondary N) is 1. The van der Waals surface area contributed by atoms with E-state index >= 15 is 0 Å². The first-order valence-corrected chi connectivity index (χ1v) is 3.04. The lowest BCUT2D eigenvalue weighted by Gasteiger charge is -2.00. The van der Waals surface area contributed by atoms with Crippen molar-refractivity contribution in [2.45, 2.75) is 0 Å². The zero-order valence-corrected chi connectivity index (χ0v) is 6.50. The van der Waals surface area contributed by atoms with Crippen LogP contribution in [0.1, 0.15) is 0 Å². The van der Waals surface area contributed by atoms with Gasteiger partial charge >= 0.3 is 0 Å². The number of halogens is 2. The van der Waals surface area contributed by atoms with E-state index < -0.39 is 5.83 Å². The van der Waals surface area contributed by atoms with Crippen LogP contribution in [0.15, 0.2) is 35.8 Å². The number of likely N-dealkylation sites (N-methyl/N-ethyl adjacent to an activating group) is 1. The highest BCUT2D eigenvalue weighted by Gasteiger charge is 1.96. The largest absolute Gasteiger partial charge is 0.386 e. The van der Waals surface area contributed by atoms with E-state index in [1.807, 2.05) is 0 Å². The van der Waals surface area contributed by atoms with Crippen LogP contribution in [-0.2, 0) is 0 Å². The molecule has 0 bridgehead atoms. The fourth-order valence-corrected chi connectivity index (χ4v) is 0.552. The van der Waals surface area contributed by atoms with E-state index in [1.165, 1.54) is 6.08 Å². The van der Waals surface area contributed by atoms with Gasteiger partial charge in [0.05, 0.1) is 5.70 Å². The van der Waals surface area contributed by atoms with Gasteiger partial charge in [-0.1, -0.05) is 24.8 Å². The second-order valence-corrected chi connectivity index (χ2v) is 2.15. The van der Waals surface area contributed by atoms with Gasteiger partial charge in [0.15, 0.2) is 0 Å². The van der Waals surface area contributed by atoms with Crippen molar-refractivity contribution in [1.82, 2.24) is 5.32 Å². The normalized spacial score (nSPS) is 10.9. The lowest BCUT2D eigenvalue weighted by molar-refractivity contribution is 0.638. The Balaban J connectivity index is 4.34. The van der Waals surface area contributed by atoms with Gasteiger partial charge < -0.3 is 5.32 Å². The lowest BCUT2D eigenvalue weighted by Crippen LogP contribution is -2.05. The van der Waals surface area contributed by atoms with E-state index in [0.717, 1.165) is 0 Å². The molecule has 0 rings (SSSR count). The molecule has 0 radical (unpaired) electrons. The highest BCUT2D eigenvalue weighted by molar-refractivity contribution is 6.30. The molecule has 0 aliphatic rings. The number of allylic oxidation sites excluding steroid dienone is 3. The van der Waals surface area contributed by atoms with Crippen molar-refractivity contribution in [3.05, 3.63) is 35.8 Å². The minimum absolute atomic E-state index is 0.250. The van der Waals surface area contributed by atoms with Gasteiger partial charge in [0.25, 0.3) is 0 Å². The van der Waals surface area contributed by atoms with Gasteiger partial charge in [-0.05, 0) is 6.08 Å². The maximum atomic E-state index is 12.3. The van der Waals surface area contributed by atoms with Crippen LogP contribution in [0.25, 0.3) is 0 Å². The molecule has 0 unspecified atom stereocenters. The molecule has 0 fully saturated rings. The van der Waals surface area contributed by atoms with Gasteiger partial charge in [0.2, 0.25) is 0 Å². The molecule has 0 spiro atoms. The van der Waals surface area contributed by atoms with E-state index in [0.29, 0.717) is 0 Å². The molecule has 0 aliphatic heterocycles. The zero-order valence-electron chi connectivity index (χ0n) is 5.75. The lowest BCUT2D eigenvalue weighted by atomic mass is 10.3. The molecule has 0 heterocycles. The van der Waals surface area contributed by atoms with Crippen LogP contribution in [0.5, 0.6) is 0 Å². The van der Waals surface area contributed by atoms with E-state index in [-0.39, 0.29) is 10.7 Å². The number of hydrogen-bond donors (Lipinski definition) is 1. The second kappa shape index (κ2) is 4.12. The Kier molecular flexibility index (Phi) is 3.81. The molecule has 10 heavy (non-hydrogen) atoms. The maximum Gasteiger partial charge on any atom is 0.139 e. The Morgan fingerprint density at radius 2 is 2.10 bits per heavy atom. The van der Waals surface area contributed by atoms with Crippen LogP contribution in [0.2, 0.25) is 0 Å². The van der Waals surface area contributed by atoms with Crippen molar-refractivity contribution in [2.24, 2.45) is 0 Å². The first-order valence-electron chi connectivity index (χ1n) is 2.66. The first-order chi connectivity index (χ1) is 4.57. The quantitative estimate of drug-likeness (QED) is 0.627. The highest BCUT2D eigenvalue weighted by atomic mass is 35.5. The molecule has 0 aliphatic carbocycles. The minimum atomic E-state index is -0.552. The van der Waals surface area contributed by atoms with E-state index in [4.69, 9.17) is 11.6 Å². The molecule has 0 atom stereocenters. The zero-order chi connectivity index (χ0) is 8.15. The molecule has 3 heteroatoms. The summed E-state index contributed by atoms with van der Waals surface area (Å²) in [5, 5.41) is 2.84. The Labute approximate surface area is 64.9 Å². The van der Waals surface area contributed by atoms with Crippen LogP contribution in [0.4, 0.5) is 4.39 Å². The molecule has 0 aromatic heterocycles. The maximum absolute atomic E-state index is 12.3. The highest BCUT2D eigenvalue weighted by Crippen LogP contribution is 2.09. The minimum Gasteiger partial charge on any atom is -0.386 e. The molecule has 1 nitrogen and oxygen atoms in total. The molecule has 1 N–H and O–H groups in total. The topological polar surface area (TPSA) is 12.0 Å². The standard InChI is InChI=1S/C7H9ClFN/c1-5(8)4-7(10-3)6(2)9/h4,10H,1-2H2,3H3/b7-4+. The monoisotopic (exact) mass is 161 g/mol.